The second-order valence-electron chi connectivity index (χ2n) is 5.83. The van der Waals surface area contributed by atoms with Crippen LogP contribution in [-0.2, 0) is 14.3 Å². The molecule has 0 aliphatic rings. The van der Waals surface area contributed by atoms with Gasteiger partial charge < -0.3 is 14.4 Å². The Morgan fingerprint density at radius 1 is 1.10 bits per heavy atom. The van der Waals surface area contributed by atoms with Crippen molar-refractivity contribution in [1.82, 2.24) is 0 Å². The van der Waals surface area contributed by atoms with Gasteiger partial charge in [-0.2, -0.15) is 0 Å². The standard InChI is InChI=1S/C17H19N5O7S/c1-12(23)29-10-8-20(7-9-28-2)14-5-3-13(4-6-14)18-19-17-15(21(24)25)11-16(30-17)22(26)27/h3-6,11H,7-10H2,1-2H3. The zero-order valence-electron chi connectivity index (χ0n) is 16.2. The summed E-state index contributed by atoms with van der Waals surface area (Å²) in [6, 6.07) is 7.70. The van der Waals surface area contributed by atoms with Crippen molar-refractivity contribution in [3.63, 3.8) is 0 Å². The second kappa shape index (κ2) is 10.9. The molecule has 13 heteroatoms. The van der Waals surface area contributed by atoms with E-state index >= 15 is 0 Å². The maximum Gasteiger partial charge on any atom is 0.333 e. The van der Waals surface area contributed by atoms with Crippen molar-refractivity contribution in [3.05, 3.63) is 50.6 Å². The van der Waals surface area contributed by atoms with Crippen LogP contribution in [0.4, 0.5) is 27.1 Å². The number of carbonyl (C=O) groups excluding carboxylic acids is 1. The van der Waals surface area contributed by atoms with Gasteiger partial charge in [0.2, 0.25) is 5.00 Å². The van der Waals surface area contributed by atoms with Gasteiger partial charge in [-0.25, -0.2) is 0 Å². The molecular formula is C17H19N5O7S. The number of rotatable bonds is 11. The predicted molar refractivity (Wildman–Crippen MR) is 109 cm³/mol. The summed E-state index contributed by atoms with van der Waals surface area (Å²) >= 11 is 0.579. The van der Waals surface area contributed by atoms with Gasteiger partial charge in [0, 0.05) is 26.3 Å². The molecule has 0 saturated heterocycles. The normalized spacial score (nSPS) is 10.9. The van der Waals surface area contributed by atoms with Crippen molar-refractivity contribution in [3.8, 4) is 0 Å². The number of esters is 1. The van der Waals surface area contributed by atoms with Crippen molar-refractivity contribution in [2.45, 2.75) is 6.92 Å². The van der Waals surface area contributed by atoms with Gasteiger partial charge in [-0.05, 0) is 35.6 Å². The Labute approximate surface area is 175 Å². The molecule has 0 N–H and O–H groups in total. The first kappa shape index (κ1) is 22.8. The molecule has 0 spiro atoms. The summed E-state index contributed by atoms with van der Waals surface area (Å²) in [5, 5.41) is 29.1. The van der Waals surface area contributed by atoms with Crippen molar-refractivity contribution < 1.29 is 24.1 Å². The first-order valence-corrected chi connectivity index (χ1v) is 9.45. The van der Waals surface area contributed by atoms with Gasteiger partial charge in [-0.1, -0.05) is 0 Å². The van der Waals surface area contributed by atoms with E-state index in [0.717, 1.165) is 11.8 Å². The summed E-state index contributed by atoms with van der Waals surface area (Å²) in [5.74, 6) is -0.361. The minimum Gasteiger partial charge on any atom is -0.464 e. The van der Waals surface area contributed by atoms with E-state index in [9.17, 15) is 25.0 Å². The van der Waals surface area contributed by atoms with Gasteiger partial charge >= 0.3 is 16.7 Å². The van der Waals surface area contributed by atoms with E-state index in [-0.39, 0.29) is 22.6 Å². The molecule has 0 atom stereocenters. The van der Waals surface area contributed by atoms with Crippen LogP contribution in [0.5, 0.6) is 0 Å². The Bertz CT molecular complexity index is 929. The number of azo groups is 1. The summed E-state index contributed by atoms with van der Waals surface area (Å²) < 4.78 is 10.1. The zero-order chi connectivity index (χ0) is 22.1. The van der Waals surface area contributed by atoms with Gasteiger partial charge in [0.15, 0.2) is 0 Å². The Kier molecular flexibility index (Phi) is 8.31. The third-order valence-electron chi connectivity index (χ3n) is 3.76. The van der Waals surface area contributed by atoms with Crippen LogP contribution >= 0.6 is 11.3 Å². The number of thiophene rings is 1. The number of methoxy groups -OCH3 is 1. The summed E-state index contributed by atoms with van der Waals surface area (Å²) in [6.45, 7) is 3.08. The number of nitrogens with zero attached hydrogens (tertiary/aromatic N) is 5. The fraction of sp³-hybridized carbons (Fsp3) is 0.353. The Morgan fingerprint density at radius 3 is 2.33 bits per heavy atom. The fourth-order valence-electron chi connectivity index (χ4n) is 2.36. The molecule has 1 heterocycles. The molecule has 0 unspecified atom stereocenters. The number of hydrogen-bond acceptors (Lipinski definition) is 11. The maximum atomic E-state index is 11.0. The highest BCUT2D eigenvalue weighted by atomic mass is 32.1. The number of carbonyl (C=O) groups is 1. The molecular weight excluding hydrogens is 418 g/mol. The topological polar surface area (TPSA) is 150 Å². The van der Waals surface area contributed by atoms with E-state index in [1.807, 2.05) is 4.90 Å². The molecule has 160 valence electrons. The van der Waals surface area contributed by atoms with Crippen LogP contribution in [0.2, 0.25) is 0 Å². The minimum absolute atomic E-state index is 0.154. The van der Waals surface area contributed by atoms with Crippen LogP contribution < -0.4 is 4.90 Å². The first-order chi connectivity index (χ1) is 14.3. The van der Waals surface area contributed by atoms with Gasteiger partial charge in [-0.15, -0.1) is 10.2 Å². The summed E-state index contributed by atoms with van der Waals surface area (Å²) in [6.07, 6.45) is 0. The third kappa shape index (κ3) is 6.56. The van der Waals surface area contributed by atoms with Crippen molar-refractivity contribution in [2.24, 2.45) is 10.2 Å². The van der Waals surface area contributed by atoms with Gasteiger partial charge in [0.05, 0.1) is 28.7 Å². The molecule has 2 rings (SSSR count). The summed E-state index contributed by atoms with van der Waals surface area (Å²) in [4.78, 5) is 33.3. The zero-order valence-corrected chi connectivity index (χ0v) is 17.0. The predicted octanol–water partition coefficient (Wildman–Crippen LogP) is 4.00. The molecule has 0 radical (unpaired) electrons. The van der Waals surface area contributed by atoms with Crippen LogP contribution in [0.25, 0.3) is 0 Å². The van der Waals surface area contributed by atoms with Crippen molar-refractivity contribution in [2.75, 3.05) is 38.3 Å². The summed E-state index contributed by atoms with van der Waals surface area (Å²) in [5.41, 5.74) is 0.773. The first-order valence-electron chi connectivity index (χ1n) is 8.63. The Hall–Kier alpha value is -3.45. The van der Waals surface area contributed by atoms with Crippen LogP contribution in [0, 0.1) is 20.2 Å². The molecule has 1 aromatic carbocycles. The van der Waals surface area contributed by atoms with E-state index in [1.54, 1.807) is 31.4 Å². The number of nitro groups is 2. The fourth-order valence-corrected chi connectivity index (χ4v) is 3.12. The SMILES string of the molecule is COCCN(CCOC(C)=O)c1ccc(N=Nc2sc([N+](=O)[O-])cc2[N+](=O)[O-])cc1. The lowest BCUT2D eigenvalue weighted by atomic mass is 10.2. The highest BCUT2D eigenvalue weighted by Gasteiger charge is 2.25. The van der Waals surface area contributed by atoms with Crippen LogP contribution in [0.1, 0.15) is 6.92 Å². The molecule has 1 aromatic heterocycles. The van der Waals surface area contributed by atoms with Crippen LogP contribution in [-0.4, -0.2) is 49.2 Å². The monoisotopic (exact) mass is 437 g/mol. The number of hydrogen-bond donors (Lipinski definition) is 0. The van der Waals surface area contributed by atoms with E-state index in [4.69, 9.17) is 9.47 Å². The van der Waals surface area contributed by atoms with Gasteiger partial charge in [0.1, 0.15) is 12.7 Å². The van der Waals surface area contributed by atoms with E-state index < -0.39 is 15.5 Å². The lowest BCUT2D eigenvalue weighted by Gasteiger charge is -2.24. The highest BCUT2D eigenvalue weighted by molar-refractivity contribution is 7.19. The smallest absolute Gasteiger partial charge is 0.333 e. The van der Waals surface area contributed by atoms with Gasteiger partial charge in [-0.3, -0.25) is 25.0 Å². The Morgan fingerprint density at radius 2 is 1.77 bits per heavy atom. The van der Waals surface area contributed by atoms with Crippen molar-refractivity contribution in [1.29, 1.82) is 0 Å². The molecule has 0 bridgehead atoms. The average molecular weight is 437 g/mol. The quantitative estimate of drug-likeness (QED) is 0.221. The second-order valence-corrected chi connectivity index (χ2v) is 6.83. The molecule has 12 nitrogen and oxygen atoms in total. The maximum absolute atomic E-state index is 11.0. The summed E-state index contributed by atoms with van der Waals surface area (Å²) in [7, 11) is 1.59. The average Bonchev–Trinajstić information content (AvgIpc) is 3.14. The molecule has 0 amide bonds. The Balaban J connectivity index is 2.14. The molecule has 0 aliphatic heterocycles. The molecule has 0 fully saturated rings. The lowest BCUT2D eigenvalue weighted by molar-refractivity contribution is -0.389. The van der Waals surface area contributed by atoms with Crippen molar-refractivity contribution >= 4 is 44.4 Å². The van der Waals surface area contributed by atoms with Gasteiger partial charge in [0.25, 0.3) is 0 Å². The van der Waals surface area contributed by atoms with E-state index in [1.165, 1.54) is 6.92 Å². The van der Waals surface area contributed by atoms with E-state index in [0.29, 0.717) is 36.7 Å². The minimum atomic E-state index is -0.738. The molecule has 0 saturated carbocycles. The molecule has 0 aliphatic carbocycles. The lowest BCUT2D eigenvalue weighted by Crippen LogP contribution is -2.31. The largest absolute Gasteiger partial charge is 0.464 e. The number of ether oxygens (including phenoxy) is 2. The highest BCUT2D eigenvalue weighted by Crippen LogP contribution is 2.41. The van der Waals surface area contributed by atoms with Crippen LogP contribution in [0.15, 0.2) is 40.6 Å². The van der Waals surface area contributed by atoms with E-state index in [2.05, 4.69) is 10.2 Å². The molecule has 30 heavy (non-hydrogen) atoms. The molecule has 2 aromatic rings. The third-order valence-corrected chi connectivity index (χ3v) is 4.72. The number of anilines is 1. The number of benzene rings is 1. The van der Waals surface area contributed by atoms with Crippen LogP contribution in [0.3, 0.4) is 0 Å².